The molecule has 0 aliphatic heterocycles. The van der Waals surface area contributed by atoms with E-state index in [0.29, 0.717) is 35.9 Å². The van der Waals surface area contributed by atoms with Crippen LogP contribution in [0.2, 0.25) is 0 Å². The lowest BCUT2D eigenvalue weighted by atomic mass is 9.67. The molecule has 24 heavy (non-hydrogen) atoms. The molecule has 1 amide bonds. The number of hydrogen-bond donors (Lipinski definition) is 2. The molecule has 0 aromatic heterocycles. The van der Waals surface area contributed by atoms with Crippen molar-refractivity contribution >= 4 is 24.1 Å². The fraction of sp³-hybridized carbons (Fsp3) is 0.579. The number of ketones is 1. The van der Waals surface area contributed by atoms with Gasteiger partial charge >= 0.3 is 0 Å². The summed E-state index contributed by atoms with van der Waals surface area (Å²) in [5.41, 5.74) is 7.77. The molecule has 0 radical (unpaired) electrons. The minimum atomic E-state index is 0. The largest absolute Gasteiger partial charge is 0.353 e. The van der Waals surface area contributed by atoms with Gasteiger partial charge in [-0.05, 0) is 50.0 Å². The number of halogens is 1. The van der Waals surface area contributed by atoms with Gasteiger partial charge in [-0.2, -0.15) is 0 Å². The van der Waals surface area contributed by atoms with E-state index in [2.05, 4.69) is 5.32 Å². The van der Waals surface area contributed by atoms with E-state index in [1.807, 2.05) is 12.1 Å². The summed E-state index contributed by atoms with van der Waals surface area (Å²) in [6, 6.07) is 7.92. The Morgan fingerprint density at radius 3 is 2.25 bits per heavy atom. The highest BCUT2D eigenvalue weighted by Crippen LogP contribution is 2.39. The minimum Gasteiger partial charge on any atom is -0.353 e. The Balaban J connectivity index is 0.00000208. The SMILES string of the molecule is CC(=O)c1ccc(CC(=O)NC2C3CCCC2CC(N)C3)cc1.Cl. The Hall–Kier alpha value is -1.39. The van der Waals surface area contributed by atoms with Crippen molar-refractivity contribution in [2.24, 2.45) is 17.6 Å². The second-order valence-corrected chi connectivity index (χ2v) is 7.21. The Morgan fingerprint density at radius 2 is 1.71 bits per heavy atom. The van der Waals surface area contributed by atoms with E-state index in [1.54, 1.807) is 19.1 Å². The molecule has 0 saturated heterocycles. The molecule has 1 aromatic carbocycles. The highest BCUT2D eigenvalue weighted by molar-refractivity contribution is 5.94. The molecule has 1 aromatic rings. The van der Waals surface area contributed by atoms with Gasteiger partial charge in [-0.15, -0.1) is 12.4 Å². The van der Waals surface area contributed by atoms with Crippen LogP contribution in [0.5, 0.6) is 0 Å². The van der Waals surface area contributed by atoms with Crippen LogP contribution in [0.15, 0.2) is 24.3 Å². The van der Waals surface area contributed by atoms with Crippen LogP contribution in [0.3, 0.4) is 0 Å². The van der Waals surface area contributed by atoms with Crippen molar-refractivity contribution in [3.8, 4) is 0 Å². The first-order chi connectivity index (χ1) is 11.0. The Morgan fingerprint density at radius 1 is 1.12 bits per heavy atom. The van der Waals surface area contributed by atoms with Crippen molar-refractivity contribution in [1.29, 1.82) is 0 Å². The van der Waals surface area contributed by atoms with Crippen molar-refractivity contribution < 1.29 is 9.59 Å². The van der Waals surface area contributed by atoms with Crippen molar-refractivity contribution in [2.45, 2.75) is 57.5 Å². The molecule has 3 rings (SSSR count). The van der Waals surface area contributed by atoms with Gasteiger partial charge in [0.05, 0.1) is 6.42 Å². The molecule has 2 unspecified atom stereocenters. The van der Waals surface area contributed by atoms with Gasteiger partial charge in [-0.1, -0.05) is 30.7 Å². The first kappa shape index (κ1) is 18.9. The second kappa shape index (κ2) is 8.13. The second-order valence-electron chi connectivity index (χ2n) is 7.21. The number of carbonyl (C=O) groups is 2. The average molecular weight is 351 g/mol. The maximum atomic E-state index is 12.4. The van der Waals surface area contributed by atoms with Crippen molar-refractivity contribution in [1.82, 2.24) is 5.32 Å². The molecule has 132 valence electrons. The van der Waals surface area contributed by atoms with E-state index in [0.717, 1.165) is 18.4 Å². The maximum absolute atomic E-state index is 12.4. The fourth-order valence-corrected chi connectivity index (χ4v) is 4.30. The van der Waals surface area contributed by atoms with Gasteiger partial charge < -0.3 is 11.1 Å². The van der Waals surface area contributed by atoms with Crippen LogP contribution < -0.4 is 11.1 Å². The third kappa shape index (κ3) is 4.37. The Kier molecular flexibility index (Phi) is 6.41. The van der Waals surface area contributed by atoms with E-state index in [1.165, 1.54) is 19.3 Å². The van der Waals surface area contributed by atoms with Crippen molar-refractivity contribution in [3.63, 3.8) is 0 Å². The molecular formula is C19H27ClN2O2. The van der Waals surface area contributed by atoms with Gasteiger partial charge in [0, 0.05) is 17.6 Å². The number of Topliss-reactive ketones (excluding diaryl/α,β-unsaturated/α-hetero) is 1. The van der Waals surface area contributed by atoms with E-state index in [4.69, 9.17) is 5.73 Å². The molecule has 2 aliphatic rings. The Bertz CT molecular complexity index is 574. The molecular weight excluding hydrogens is 324 g/mol. The highest BCUT2D eigenvalue weighted by atomic mass is 35.5. The van der Waals surface area contributed by atoms with Crippen molar-refractivity contribution in [3.05, 3.63) is 35.4 Å². The van der Waals surface area contributed by atoms with Gasteiger partial charge in [-0.25, -0.2) is 0 Å². The fourth-order valence-electron chi connectivity index (χ4n) is 4.30. The zero-order valence-corrected chi connectivity index (χ0v) is 15.0. The summed E-state index contributed by atoms with van der Waals surface area (Å²) >= 11 is 0. The lowest BCUT2D eigenvalue weighted by Crippen LogP contribution is -2.54. The first-order valence-electron chi connectivity index (χ1n) is 8.67. The van der Waals surface area contributed by atoms with Crippen LogP contribution in [-0.4, -0.2) is 23.8 Å². The third-order valence-corrected chi connectivity index (χ3v) is 5.43. The van der Waals surface area contributed by atoms with Crippen LogP contribution in [0, 0.1) is 11.8 Å². The van der Waals surface area contributed by atoms with Crippen LogP contribution in [0.1, 0.15) is 54.9 Å². The molecule has 5 heteroatoms. The van der Waals surface area contributed by atoms with Crippen LogP contribution >= 0.6 is 12.4 Å². The molecule has 2 atom stereocenters. The third-order valence-electron chi connectivity index (χ3n) is 5.43. The summed E-state index contributed by atoms with van der Waals surface area (Å²) in [4.78, 5) is 23.7. The highest BCUT2D eigenvalue weighted by Gasteiger charge is 2.39. The molecule has 0 heterocycles. The number of fused-ring (bicyclic) bond motifs is 2. The van der Waals surface area contributed by atoms with Crippen molar-refractivity contribution in [2.75, 3.05) is 0 Å². The number of carbonyl (C=O) groups excluding carboxylic acids is 2. The summed E-state index contributed by atoms with van der Waals surface area (Å²) in [6.45, 7) is 1.55. The average Bonchev–Trinajstić information content (AvgIpc) is 2.48. The predicted octanol–water partition coefficient (Wildman–Crippen LogP) is 2.88. The van der Waals surface area contributed by atoms with Gasteiger partial charge in [0.1, 0.15) is 0 Å². The van der Waals surface area contributed by atoms with E-state index >= 15 is 0 Å². The monoisotopic (exact) mass is 350 g/mol. The van der Waals surface area contributed by atoms with Gasteiger partial charge in [0.25, 0.3) is 0 Å². The number of benzene rings is 1. The lowest BCUT2D eigenvalue weighted by Gasteiger charge is -2.45. The van der Waals surface area contributed by atoms with E-state index in [-0.39, 0.29) is 24.1 Å². The van der Waals surface area contributed by atoms with Gasteiger partial charge in [0.15, 0.2) is 5.78 Å². The predicted molar refractivity (Wildman–Crippen MR) is 97.4 cm³/mol. The zero-order chi connectivity index (χ0) is 16.4. The number of amides is 1. The lowest BCUT2D eigenvalue weighted by molar-refractivity contribution is -0.122. The van der Waals surface area contributed by atoms with Gasteiger partial charge in [0.2, 0.25) is 5.91 Å². The molecule has 2 bridgehead atoms. The van der Waals surface area contributed by atoms with Crippen LogP contribution in [-0.2, 0) is 11.2 Å². The summed E-state index contributed by atoms with van der Waals surface area (Å²) in [5.74, 6) is 1.22. The molecule has 2 fully saturated rings. The zero-order valence-electron chi connectivity index (χ0n) is 14.2. The first-order valence-corrected chi connectivity index (χ1v) is 8.67. The molecule has 0 spiro atoms. The van der Waals surface area contributed by atoms with E-state index < -0.39 is 0 Å². The summed E-state index contributed by atoms with van der Waals surface area (Å²) in [7, 11) is 0. The number of rotatable bonds is 4. The van der Waals surface area contributed by atoms with Crippen LogP contribution in [0.25, 0.3) is 0 Å². The number of nitrogens with one attached hydrogen (secondary N) is 1. The quantitative estimate of drug-likeness (QED) is 0.820. The minimum absolute atomic E-state index is 0. The number of nitrogens with two attached hydrogens (primary N) is 1. The normalized spacial score (nSPS) is 28.6. The summed E-state index contributed by atoms with van der Waals surface area (Å²) in [6.07, 6.45) is 6.08. The summed E-state index contributed by atoms with van der Waals surface area (Å²) < 4.78 is 0. The van der Waals surface area contributed by atoms with Gasteiger partial charge in [-0.3, -0.25) is 9.59 Å². The Labute approximate surface area is 150 Å². The maximum Gasteiger partial charge on any atom is 0.224 e. The van der Waals surface area contributed by atoms with E-state index in [9.17, 15) is 9.59 Å². The standard InChI is InChI=1S/C19H26N2O2.ClH/c1-12(22)14-7-5-13(6-8-14)9-18(23)21-19-15-3-2-4-16(19)11-17(20)10-15;/h5-8,15-17,19H,2-4,9-11,20H2,1H3,(H,21,23);1H. The molecule has 4 nitrogen and oxygen atoms in total. The molecule has 3 N–H and O–H groups in total. The van der Waals surface area contributed by atoms with Crippen LogP contribution in [0.4, 0.5) is 0 Å². The molecule has 2 saturated carbocycles. The number of hydrogen-bond acceptors (Lipinski definition) is 3. The topological polar surface area (TPSA) is 72.2 Å². The smallest absolute Gasteiger partial charge is 0.224 e. The summed E-state index contributed by atoms with van der Waals surface area (Å²) in [5, 5.41) is 3.27. The molecule has 2 aliphatic carbocycles.